The number of fused-ring (bicyclic) bond motifs is 7. The van der Waals surface area contributed by atoms with Crippen molar-refractivity contribution in [2.75, 3.05) is 20.2 Å². The van der Waals surface area contributed by atoms with Crippen LogP contribution in [0.15, 0.2) is 0 Å². The molecule has 0 bridgehead atoms. The van der Waals surface area contributed by atoms with Crippen molar-refractivity contribution in [3.63, 3.8) is 0 Å². The van der Waals surface area contributed by atoms with E-state index in [1.54, 1.807) is 0 Å². The molecule has 6 aliphatic rings. The molecule has 4 aliphatic carbocycles. The molecule has 0 aromatic carbocycles. The fraction of sp³-hybridized carbons (Fsp3) is 0.958. The maximum atomic E-state index is 12.3. The van der Waals surface area contributed by atoms with E-state index in [0.717, 1.165) is 19.3 Å². The number of carbonyl (C=O) groups is 1. The number of aliphatic hydroxyl groups excluding tert-OH is 1. The first-order valence-electron chi connectivity index (χ1n) is 12.0. The lowest BCUT2D eigenvalue weighted by Crippen LogP contribution is -2.71. The second kappa shape index (κ2) is 6.30. The normalized spacial score (nSPS) is 60.9. The molecule has 6 rings (SSSR count). The van der Waals surface area contributed by atoms with Gasteiger partial charge in [0.25, 0.3) is 0 Å². The first kappa shape index (κ1) is 21.0. The quantitative estimate of drug-likeness (QED) is 0.602. The third-order valence-electron chi connectivity index (χ3n) is 11.0. The number of hydrogen-bond acceptors (Lipinski definition) is 7. The Hall–Kier alpha value is -0.570. The topological polar surface area (TPSA) is 94.5 Å². The smallest absolute Gasteiger partial charge is 0.226 e. The summed E-state index contributed by atoms with van der Waals surface area (Å²) in [5.41, 5.74) is -2.44. The van der Waals surface area contributed by atoms with Crippen LogP contribution < -0.4 is 0 Å². The number of Topliss-reactive ketones (excluding diaryl/α,β-unsaturated/α-hetero) is 1. The Balaban J connectivity index is 1.42. The number of rotatable bonds is 0. The molecule has 10 atom stereocenters. The lowest BCUT2D eigenvalue weighted by molar-refractivity contribution is -0.281. The van der Waals surface area contributed by atoms with Gasteiger partial charge in [-0.05, 0) is 55.8 Å². The van der Waals surface area contributed by atoms with Crippen LogP contribution >= 0.6 is 0 Å². The average Bonchev–Trinajstić information content (AvgIpc) is 3.39. The molecule has 2 N–H and O–H groups in total. The van der Waals surface area contributed by atoms with Crippen molar-refractivity contribution in [3.05, 3.63) is 0 Å². The second-order valence-corrected chi connectivity index (χ2v) is 11.8. The van der Waals surface area contributed by atoms with Gasteiger partial charge in [0.15, 0.2) is 13.6 Å². The van der Waals surface area contributed by atoms with E-state index in [-0.39, 0.29) is 49.0 Å². The van der Waals surface area contributed by atoms with E-state index < -0.39 is 28.5 Å². The molecule has 2 saturated heterocycles. The standard InChI is InChI=1S/C24H36O7/c1-14-8-16-17-5-7-23(24(31-13-29-23)11-28-12-30-24)21(17,3)10-18(26)19(16)20(2)6-4-15(25)9-22(14,20)27/h14,16-19,26-27H,4-13H2,1-3H3/t14-,16+,17+,18+,19-,20-,21+,22+,23-,24?/m1/s1. The Bertz CT molecular complexity index is 789. The number of ketones is 1. The second-order valence-electron chi connectivity index (χ2n) is 11.8. The number of carbonyl (C=O) groups excluding carboxylic acids is 1. The zero-order chi connectivity index (χ0) is 21.9. The highest BCUT2D eigenvalue weighted by Gasteiger charge is 2.78. The molecule has 7 heteroatoms. The van der Waals surface area contributed by atoms with Gasteiger partial charge in [-0.15, -0.1) is 0 Å². The lowest BCUT2D eigenvalue weighted by Gasteiger charge is -2.67. The summed E-state index contributed by atoms with van der Waals surface area (Å²) < 4.78 is 24.1. The molecule has 6 fully saturated rings. The Morgan fingerprint density at radius 3 is 2.58 bits per heavy atom. The fourth-order valence-corrected chi connectivity index (χ4v) is 9.56. The van der Waals surface area contributed by atoms with Crippen molar-refractivity contribution in [1.29, 1.82) is 0 Å². The van der Waals surface area contributed by atoms with Crippen molar-refractivity contribution in [2.45, 2.75) is 88.8 Å². The zero-order valence-electron chi connectivity index (χ0n) is 18.9. The Labute approximate surface area is 183 Å². The number of ether oxygens (including phenoxy) is 4. The molecular weight excluding hydrogens is 400 g/mol. The van der Waals surface area contributed by atoms with E-state index in [1.807, 2.05) is 0 Å². The summed E-state index contributed by atoms with van der Waals surface area (Å²) in [4.78, 5) is 12.3. The average molecular weight is 437 g/mol. The van der Waals surface area contributed by atoms with Gasteiger partial charge in [-0.3, -0.25) is 4.79 Å². The summed E-state index contributed by atoms with van der Waals surface area (Å²) in [6, 6.07) is 0. The lowest BCUT2D eigenvalue weighted by atomic mass is 9.40. The summed E-state index contributed by atoms with van der Waals surface area (Å²) in [6.45, 7) is 7.23. The van der Waals surface area contributed by atoms with Gasteiger partial charge in [0, 0.05) is 23.7 Å². The predicted molar refractivity (Wildman–Crippen MR) is 109 cm³/mol. The minimum Gasteiger partial charge on any atom is -0.393 e. The van der Waals surface area contributed by atoms with Crippen molar-refractivity contribution < 1.29 is 34.0 Å². The third kappa shape index (κ3) is 2.24. The molecule has 0 amide bonds. The van der Waals surface area contributed by atoms with Gasteiger partial charge in [-0.25, -0.2) is 0 Å². The van der Waals surface area contributed by atoms with Crippen LogP contribution in [0.25, 0.3) is 0 Å². The van der Waals surface area contributed by atoms with Gasteiger partial charge in [-0.1, -0.05) is 20.8 Å². The fourth-order valence-electron chi connectivity index (χ4n) is 9.56. The molecule has 31 heavy (non-hydrogen) atoms. The van der Waals surface area contributed by atoms with E-state index in [1.165, 1.54) is 0 Å². The van der Waals surface area contributed by atoms with Crippen molar-refractivity contribution in [2.24, 2.45) is 34.5 Å². The van der Waals surface area contributed by atoms with E-state index in [9.17, 15) is 15.0 Å². The van der Waals surface area contributed by atoms with Crippen molar-refractivity contribution >= 4 is 5.78 Å². The number of aliphatic hydroxyl groups is 2. The van der Waals surface area contributed by atoms with Gasteiger partial charge < -0.3 is 29.2 Å². The molecule has 1 unspecified atom stereocenters. The monoisotopic (exact) mass is 436 g/mol. The first-order valence-corrected chi connectivity index (χ1v) is 12.0. The molecule has 0 aromatic heterocycles. The van der Waals surface area contributed by atoms with Crippen LogP contribution in [0.2, 0.25) is 0 Å². The number of hydrogen-bond donors (Lipinski definition) is 2. The maximum absolute atomic E-state index is 12.3. The van der Waals surface area contributed by atoms with Gasteiger partial charge in [-0.2, -0.15) is 0 Å². The summed E-state index contributed by atoms with van der Waals surface area (Å²) in [6.07, 6.45) is 4.02. The molecule has 2 aliphatic heterocycles. The molecule has 0 aromatic rings. The van der Waals surface area contributed by atoms with E-state index >= 15 is 0 Å². The van der Waals surface area contributed by atoms with E-state index in [0.29, 0.717) is 31.8 Å². The van der Waals surface area contributed by atoms with Crippen LogP contribution in [-0.4, -0.2) is 59.3 Å². The maximum Gasteiger partial charge on any atom is 0.226 e. The van der Waals surface area contributed by atoms with Crippen molar-refractivity contribution in [1.82, 2.24) is 0 Å². The van der Waals surface area contributed by atoms with Gasteiger partial charge in [0.05, 0.1) is 11.7 Å². The molecule has 2 spiro atoms. The summed E-state index contributed by atoms with van der Waals surface area (Å²) in [7, 11) is 0. The Morgan fingerprint density at radius 1 is 1.06 bits per heavy atom. The SMILES string of the molecule is C[C@@H]1C[C@@H]2[C@H]([C@@H](O)C[C@@]3(C)[C@H]2CC[C@@]32OCOC23COCO3)[C@@]2(C)CCC(=O)C[C@]12O. The van der Waals surface area contributed by atoms with Crippen LogP contribution in [-0.2, 0) is 23.7 Å². The van der Waals surface area contributed by atoms with Crippen molar-refractivity contribution in [3.8, 4) is 0 Å². The van der Waals surface area contributed by atoms with Crippen LogP contribution in [0.4, 0.5) is 0 Å². The highest BCUT2D eigenvalue weighted by Crippen LogP contribution is 2.72. The first-order chi connectivity index (χ1) is 14.6. The highest BCUT2D eigenvalue weighted by atomic mass is 16.9. The van der Waals surface area contributed by atoms with Gasteiger partial charge in [0.2, 0.25) is 5.79 Å². The summed E-state index contributed by atoms with van der Waals surface area (Å²) in [5.74, 6) is -0.151. The minimum atomic E-state index is -1.04. The molecule has 7 nitrogen and oxygen atoms in total. The Kier molecular flexibility index (Phi) is 4.27. The third-order valence-corrected chi connectivity index (χ3v) is 11.0. The minimum absolute atomic E-state index is 0.00914. The molecule has 4 saturated carbocycles. The summed E-state index contributed by atoms with van der Waals surface area (Å²) in [5, 5.41) is 23.5. The molecule has 2 heterocycles. The van der Waals surface area contributed by atoms with Gasteiger partial charge >= 0.3 is 0 Å². The predicted octanol–water partition coefficient (Wildman–Crippen LogP) is 2.37. The van der Waals surface area contributed by atoms with E-state index in [4.69, 9.17) is 18.9 Å². The van der Waals surface area contributed by atoms with Crippen LogP contribution in [0, 0.1) is 34.5 Å². The zero-order valence-corrected chi connectivity index (χ0v) is 18.9. The molecular formula is C24H36O7. The van der Waals surface area contributed by atoms with Crippen LogP contribution in [0.5, 0.6) is 0 Å². The highest BCUT2D eigenvalue weighted by molar-refractivity contribution is 5.81. The summed E-state index contributed by atoms with van der Waals surface area (Å²) >= 11 is 0. The largest absolute Gasteiger partial charge is 0.393 e. The van der Waals surface area contributed by atoms with Gasteiger partial charge in [0.1, 0.15) is 18.0 Å². The molecule has 174 valence electrons. The van der Waals surface area contributed by atoms with Crippen LogP contribution in [0.1, 0.15) is 65.7 Å². The Morgan fingerprint density at radius 2 is 1.84 bits per heavy atom. The molecule has 0 radical (unpaired) electrons. The van der Waals surface area contributed by atoms with E-state index in [2.05, 4.69) is 20.8 Å². The van der Waals surface area contributed by atoms with Crippen LogP contribution in [0.3, 0.4) is 0 Å².